The van der Waals surface area contributed by atoms with Crippen molar-refractivity contribution in [2.75, 3.05) is 50.1 Å². The molecule has 1 aromatic heterocycles. The van der Waals surface area contributed by atoms with E-state index in [0.717, 1.165) is 43.1 Å². The zero-order valence-electron chi connectivity index (χ0n) is 19.3. The first-order chi connectivity index (χ1) is 15.9. The molecule has 7 heteroatoms. The maximum absolute atomic E-state index is 13.6. The molecule has 2 heterocycles. The van der Waals surface area contributed by atoms with Gasteiger partial charge in [0, 0.05) is 43.6 Å². The molecule has 0 saturated carbocycles. The third-order valence-electron chi connectivity index (χ3n) is 6.04. The first-order valence-corrected chi connectivity index (χ1v) is 11.0. The molecule has 1 fully saturated rings. The standard InChI is InChI=1S/C26H29FN4O2/c1-19-4-10-23(33-3)16-24(19)26(32)31(22-8-6-21(27)7-9-22)18-20-5-11-25(28-17-20)30-14-12-29(2)13-15-30/h4-11,16-17H,12-15,18H2,1-3H3. The van der Waals surface area contributed by atoms with Gasteiger partial charge in [-0.2, -0.15) is 0 Å². The fourth-order valence-corrected chi connectivity index (χ4v) is 3.92. The zero-order chi connectivity index (χ0) is 23.4. The lowest BCUT2D eigenvalue weighted by atomic mass is 10.1. The number of pyridine rings is 1. The van der Waals surface area contributed by atoms with Crippen LogP contribution in [0.4, 0.5) is 15.9 Å². The van der Waals surface area contributed by atoms with Gasteiger partial charge in [0.25, 0.3) is 5.91 Å². The molecule has 3 aromatic rings. The molecule has 1 saturated heterocycles. The van der Waals surface area contributed by atoms with Crippen LogP contribution in [0, 0.1) is 12.7 Å². The molecule has 0 atom stereocenters. The SMILES string of the molecule is COc1ccc(C)c(C(=O)N(Cc2ccc(N3CCN(C)CC3)nc2)c2ccc(F)cc2)c1. The number of hydrogen-bond donors (Lipinski definition) is 0. The minimum absolute atomic E-state index is 0.179. The Morgan fingerprint density at radius 1 is 1.06 bits per heavy atom. The van der Waals surface area contributed by atoms with Gasteiger partial charge in [-0.05, 0) is 67.6 Å². The number of anilines is 2. The Balaban J connectivity index is 1.60. The second kappa shape index (κ2) is 10.0. The molecule has 33 heavy (non-hydrogen) atoms. The number of benzene rings is 2. The van der Waals surface area contributed by atoms with Gasteiger partial charge in [-0.3, -0.25) is 4.79 Å². The maximum Gasteiger partial charge on any atom is 0.258 e. The number of rotatable bonds is 6. The number of methoxy groups -OCH3 is 1. The largest absolute Gasteiger partial charge is 0.497 e. The van der Waals surface area contributed by atoms with Crippen molar-refractivity contribution >= 4 is 17.4 Å². The molecule has 4 rings (SSSR count). The molecule has 0 unspecified atom stereocenters. The molecule has 0 radical (unpaired) electrons. The molecule has 1 aliphatic rings. The predicted molar refractivity (Wildman–Crippen MR) is 129 cm³/mol. The number of aryl methyl sites for hydroxylation is 1. The van der Waals surface area contributed by atoms with E-state index in [1.807, 2.05) is 37.4 Å². The Morgan fingerprint density at radius 3 is 2.42 bits per heavy atom. The van der Waals surface area contributed by atoms with E-state index in [1.165, 1.54) is 12.1 Å². The Morgan fingerprint density at radius 2 is 1.79 bits per heavy atom. The number of likely N-dealkylation sites (N-methyl/N-ethyl adjacent to an activating group) is 1. The van der Waals surface area contributed by atoms with Crippen molar-refractivity contribution in [3.63, 3.8) is 0 Å². The van der Waals surface area contributed by atoms with Crippen molar-refractivity contribution in [3.05, 3.63) is 83.3 Å². The topological polar surface area (TPSA) is 48.9 Å². The van der Waals surface area contributed by atoms with Gasteiger partial charge in [0.15, 0.2) is 0 Å². The minimum Gasteiger partial charge on any atom is -0.497 e. The first-order valence-electron chi connectivity index (χ1n) is 11.0. The molecule has 172 valence electrons. The fraction of sp³-hybridized carbons (Fsp3) is 0.308. The molecule has 0 aliphatic carbocycles. The number of nitrogens with zero attached hydrogens (tertiary/aromatic N) is 4. The van der Waals surface area contributed by atoms with Crippen LogP contribution in [0.5, 0.6) is 5.75 Å². The summed E-state index contributed by atoms with van der Waals surface area (Å²) in [7, 11) is 3.70. The van der Waals surface area contributed by atoms with Gasteiger partial charge >= 0.3 is 0 Å². The quantitative estimate of drug-likeness (QED) is 0.567. The van der Waals surface area contributed by atoms with Crippen molar-refractivity contribution < 1.29 is 13.9 Å². The second-order valence-electron chi connectivity index (χ2n) is 8.36. The monoisotopic (exact) mass is 448 g/mol. The lowest BCUT2D eigenvalue weighted by Gasteiger charge is -2.33. The maximum atomic E-state index is 13.6. The van der Waals surface area contributed by atoms with Gasteiger partial charge in [-0.15, -0.1) is 0 Å². The van der Waals surface area contributed by atoms with Crippen molar-refractivity contribution in [1.29, 1.82) is 0 Å². The summed E-state index contributed by atoms with van der Waals surface area (Å²) in [5.41, 5.74) is 2.90. The van der Waals surface area contributed by atoms with Crippen molar-refractivity contribution in [3.8, 4) is 5.75 Å². The van der Waals surface area contributed by atoms with Gasteiger partial charge < -0.3 is 19.4 Å². The summed E-state index contributed by atoms with van der Waals surface area (Å²) in [6, 6.07) is 15.4. The predicted octanol–water partition coefficient (Wildman–Crippen LogP) is 4.14. The van der Waals surface area contributed by atoms with E-state index in [1.54, 1.807) is 30.2 Å². The van der Waals surface area contributed by atoms with Crippen molar-refractivity contribution in [1.82, 2.24) is 9.88 Å². The van der Waals surface area contributed by atoms with Crippen molar-refractivity contribution in [2.24, 2.45) is 0 Å². The Bertz CT molecular complexity index is 1090. The Labute approximate surface area is 194 Å². The summed E-state index contributed by atoms with van der Waals surface area (Å²) >= 11 is 0. The van der Waals surface area contributed by atoms with Crippen LogP contribution in [0.3, 0.4) is 0 Å². The number of hydrogen-bond acceptors (Lipinski definition) is 5. The summed E-state index contributed by atoms with van der Waals surface area (Å²) in [6.45, 7) is 6.11. The lowest BCUT2D eigenvalue weighted by Crippen LogP contribution is -2.44. The highest BCUT2D eigenvalue weighted by atomic mass is 19.1. The van der Waals surface area contributed by atoms with E-state index in [2.05, 4.69) is 21.8 Å². The highest BCUT2D eigenvalue weighted by Gasteiger charge is 2.21. The molecule has 0 bridgehead atoms. The average molecular weight is 449 g/mol. The number of carbonyl (C=O) groups is 1. The molecule has 1 aliphatic heterocycles. The van der Waals surface area contributed by atoms with Crippen LogP contribution in [-0.4, -0.2) is 56.1 Å². The number of ether oxygens (including phenoxy) is 1. The van der Waals surface area contributed by atoms with Gasteiger partial charge in [-0.25, -0.2) is 9.37 Å². The van der Waals surface area contributed by atoms with Crippen LogP contribution in [0.15, 0.2) is 60.8 Å². The molecule has 0 spiro atoms. The minimum atomic E-state index is -0.345. The molecule has 0 N–H and O–H groups in total. The number of aromatic nitrogens is 1. The molecular formula is C26H29FN4O2. The zero-order valence-corrected chi connectivity index (χ0v) is 19.3. The summed E-state index contributed by atoms with van der Waals surface area (Å²) in [4.78, 5) is 24.5. The van der Waals surface area contributed by atoms with Gasteiger partial charge in [0.1, 0.15) is 17.4 Å². The van der Waals surface area contributed by atoms with Gasteiger partial charge in [0.2, 0.25) is 0 Å². The second-order valence-corrected chi connectivity index (χ2v) is 8.36. The third kappa shape index (κ3) is 5.31. The van der Waals surface area contributed by atoms with E-state index < -0.39 is 0 Å². The fourth-order valence-electron chi connectivity index (χ4n) is 3.92. The third-order valence-corrected chi connectivity index (χ3v) is 6.04. The number of halogens is 1. The highest BCUT2D eigenvalue weighted by molar-refractivity contribution is 6.07. The van der Waals surface area contributed by atoms with E-state index in [-0.39, 0.29) is 11.7 Å². The van der Waals surface area contributed by atoms with Gasteiger partial charge in [0.05, 0.1) is 13.7 Å². The van der Waals surface area contributed by atoms with E-state index in [9.17, 15) is 9.18 Å². The molecular weight excluding hydrogens is 419 g/mol. The van der Waals surface area contributed by atoms with E-state index >= 15 is 0 Å². The highest BCUT2D eigenvalue weighted by Crippen LogP contribution is 2.25. The summed E-state index contributed by atoms with van der Waals surface area (Å²) in [6.07, 6.45) is 1.82. The molecule has 6 nitrogen and oxygen atoms in total. The van der Waals surface area contributed by atoms with Crippen LogP contribution in [0.1, 0.15) is 21.5 Å². The van der Waals surface area contributed by atoms with Crippen molar-refractivity contribution in [2.45, 2.75) is 13.5 Å². The Kier molecular flexibility index (Phi) is 6.89. The van der Waals surface area contributed by atoms with Crippen LogP contribution in [0.2, 0.25) is 0 Å². The van der Waals surface area contributed by atoms with Gasteiger partial charge in [-0.1, -0.05) is 12.1 Å². The van der Waals surface area contributed by atoms with Crippen LogP contribution in [0.25, 0.3) is 0 Å². The van der Waals surface area contributed by atoms with E-state index in [0.29, 0.717) is 23.5 Å². The summed E-state index contributed by atoms with van der Waals surface area (Å²) < 4.78 is 18.9. The van der Waals surface area contributed by atoms with Crippen LogP contribution >= 0.6 is 0 Å². The van der Waals surface area contributed by atoms with E-state index in [4.69, 9.17) is 4.74 Å². The molecule has 1 amide bonds. The van der Waals surface area contributed by atoms with Crippen LogP contribution in [-0.2, 0) is 6.54 Å². The molecule has 2 aromatic carbocycles. The van der Waals surface area contributed by atoms with Crippen LogP contribution < -0.4 is 14.5 Å². The summed E-state index contributed by atoms with van der Waals surface area (Å²) in [5.74, 6) is 1.03. The number of piperazine rings is 1. The summed E-state index contributed by atoms with van der Waals surface area (Å²) in [5, 5.41) is 0. The number of amides is 1. The Hall–Kier alpha value is -3.45. The first kappa shape index (κ1) is 22.7. The normalized spacial score (nSPS) is 14.2. The number of carbonyl (C=O) groups excluding carboxylic acids is 1. The lowest BCUT2D eigenvalue weighted by molar-refractivity contribution is 0.0984. The average Bonchev–Trinajstić information content (AvgIpc) is 2.84. The smallest absolute Gasteiger partial charge is 0.258 e.